The quantitative estimate of drug-likeness (QED) is 0.162. The van der Waals surface area contributed by atoms with Crippen molar-refractivity contribution in [1.29, 1.82) is 0 Å². The molecule has 2 amide bonds. The topological polar surface area (TPSA) is 155 Å². The van der Waals surface area contributed by atoms with Gasteiger partial charge in [0.1, 0.15) is 5.02 Å². The van der Waals surface area contributed by atoms with Crippen molar-refractivity contribution in [1.82, 2.24) is 34.5 Å². The summed E-state index contributed by atoms with van der Waals surface area (Å²) in [5.41, 5.74) is 3.86. The minimum Gasteiger partial charge on any atom is -0.480 e. The molecule has 1 unspecified atom stereocenters. The lowest BCUT2D eigenvalue weighted by molar-refractivity contribution is -0.134. The minimum absolute atomic E-state index is 0.108. The van der Waals surface area contributed by atoms with E-state index in [1.165, 1.54) is 4.57 Å². The fraction of sp³-hybridized carbons (Fsp3) is 0.500. The van der Waals surface area contributed by atoms with E-state index in [1.807, 2.05) is 23.9 Å². The number of benzene rings is 2. The van der Waals surface area contributed by atoms with Crippen LogP contribution in [0.4, 0.5) is 37.6 Å². The van der Waals surface area contributed by atoms with Crippen molar-refractivity contribution in [3.05, 3.63) is 63.7 Å². The van der Waals surface area contributed by atoms with Gasteiger partial charge in [0.15, 0.2) is 12.4 Å². The van der Waals surface area contributed by atoms with E-state index in [-0.39, 0.29) is 35.2 Å². The molecule has 62 heavy (non-hydrogen) atoms. The van der Waals surface area contributed by atoms with Crippen LogP contribution in [0.2, 0.25) is 5.02 Å². The summed E-state index contributed by atoms with van der Waals surface area (Å²) in [5.74, 6) is -2.85. The van der Waals surface area contributed by atoms with Gasteiger partial charge >= 0.3 is 5.92 Å². The summed E-state index contributed by atoms with van der Waals surface area (Å²) in [4.78, 5) is 54.4. The molecule has 0 bridgehead atoms. The molecule has 3 aromatic heterocycles. The fourth-order valence-corrected chi connectivity index (χ4v) is 10.1. The van der Waals surface area contributed by atoms with Crippen LogP contribution in [-0.4, -0.2) is 105 Å². The SMILES string of the molecule is C[C@@H]1CN(c2ncc(Cl)c(Nc3ccc4c(c3)c3c(c(=O)n4C)OCC(F)(F)[C@H](C4CC4)N3)n2)CCN1CC1CCN(c2cccc3c(C4CCC(=O)NC4=O)nn(C)c23)CC1. The highest BCUT2D eigenvalue weighted by Crippen LogP contribution is 2.46. The number of piperidine rings is 2. The Morgan fingerprint density at radius 3 is 2.55 bits per heavy atom. The van der Waals surface area contributed by atoms with E-state index in [4.69, 9.17) is 26.4 Å². The van der Waals surface area contributed by atoms with Crippen molar-refractivity contribution in [2.45, 2.75) is 69.4 Å². The van der Waals surface area contributed by atoms with Crippen LogP contribution in [0.5, 0.6) is 5.75 Å². The number of carbonyl (C=O) groups excluding carboxylic acids is 2. The number of rotatable bonds is 8. The number of halogens is 3. The predicted octanol–water partition coefficient (Wildman–Crippen LogP) is 5.78. The number of amides is 2. The second-order valence-corrected chi connectivity index (χ2v) is 18.1. The molecule has 0 spiro atoms. The van der Waals surface area contributed by atoms with Crippen LogP contribution in [0.3, 0.4) is 0 Å². The number of aromatic nitrogens is 5. The summed E-state index contributed by atoms with van der Waals surface area (Å²) in [6, 6.07) is 10.7. The van der Waals surface area contributed by atoms with E-state index in [1.54, 1.807) is 31.4 Å². The molecule has 3 N–H and O–H groups in total. The summed E-state index contributed by atoms with van der Waals surface area (Å²) in [6.07, 6.45) is 5.89. The molecule has 18 heteroatoms. The minimum atomic E-state index is -3.13. The molecule has 4 aliphatic heterocycles. The van der Waals surface area contributed by atoms with Gasteiger partial charge in [0.25, 0.3) is 5.56 Å². The second-order valence-electron chi connectivity index (χ2n) is 17.7. The number of pyridine rings is 1. The molecule has 1 aliphatic carbocycles. The van der Waals surface area contributed by atoms with Crippen LogP contribution in [-0.2, 0) is 23.7 Å². The molecule has 2 aromatic carbocycles. The maximum Gasteiger partial charge on any atom is 0.301 e. The number of carbonyl (C=O) groups is 2. The third-order valence-electron chi connectivity index (χ3n) is 13.5. The van der Waals surface area contributed by atoms with Crippen molar-refractivity contribution in [2.24, 2.45) is 25.9 Å². The van der Waals surface area contributed by atoms with E-state index in [9.17, 15) is 14.4 Å². The van der Waals surface area contributed by atoms with Gasteiger partial charge in [0, 0.05) is 82.3 Å². The Hall–Kier alpha value is -5.55. The number of anilines is 5. The van der Waals surface area contributed by atoms with E-state index in [0.717, 1.165) is 74.4 Å². The number of imide groups is 1. The molecule has 1 saturated carbocycles. The number of piperazine rings is 1. The van der Waals surface area contributed by atoms with Crippen LogP contribution in [0.25, 0.3) is 21.8 Å². The molecular formula is C44H50ClF2N11O4. The Morgan fingerprint density at radius 1 is 0.984 bits per heavy atom. The highest BCUT2D eigenvalue weighted by atomic mass is 35.5. The van der Waals surface area contributed by atoms with Gasteiger partial charge in [-0.2, -0.15) is 10.1 Å². The Morgan fingerprint density at radius 2 is 1.79 bits per heavy atom. The van der Waals surface area contributed by atoms with Crippen molar-refractivity contribution in [3.63, 3.8) is 0 Å². The van der Waals surface area contributed by atoms with E-state index < -0.39 is 30.0 Å². The number of para-hydroxylation sites is 1. The lowest BCUT2D eigenvalue weighted by atomic mass is 9.92. The standard InChI is InChI=1S/C44H50ClF2N11O4/c1-24-21-58(18-17-57(24)22-25-13-15-56(16-14-25)33-6-4-5-28-35(53-55(3)37(28)33)29-10-12-34(59)50-41(29)60)43-48-20-31(45)40(52-43)49-27-9-11-32-30(19-27)36-38(42(61)54(32)2)62-23-44(46,47)39(51-36)26-7-8-26/h4-6,9,11,19-20,24-26,29,39,51H,7-8,10,12-18,21-23H2,1-3H3,(H,48,49,52)(H,50,59,60)/t24-,29?,39+/m1/s1. The van der Waals surface area contributed by atoms with Crippen LogP contribution >= 0.6 is 11.6 Å². The largest absolute Gasteiger partial charge is 0.480 e. The molecule has 5 aromatic rings. The molecule has 4 fully saturated rings. The number of nitrogens with zero attached hydrogens (tertiary/aromatic N) is 8. The summed E-state index contributed by atoms with van der Waals surface area (Å²) >= 11 is 6.66. The molecule has 7 heterocycles. The Bertz CT molecular complexity index is 2660. The lowest BCUT2D eigenvalue weighted by Crippen LogP contribution is -2.54. The van der Waals surface area contributed by atoms with Crippen LogP contribution in [0.15, 0.2) is 47.4 Å². The van der Waals surface area contributed by atoms with E-state index in [2.05, 4.69) is 48.6 Å². The van der Waals surface area contributed by atoms with Gasteiger partial charge in [0.05, 0.1) is 46.3 Å². The fourth-order valence-electron chi connectivity index (χ4n) is 9.97. The second kappa shape index (κ2) is 15.7. The zero-order valence-electron chi connectivity index (χ0n) is 35.0. The van der Waals surface area contributed by atoms with E-state index in [0.29, 0.717) is 65.0 Å². The summed E-state index contributed by atoms with van der Waals surface area (Å²) in [6.45, 7) is 6.58. The number of hydrogen-bond donors (Lipinski definition) is 3. The summed E-state index contributed by atoms with van der Waals surface area (Å²) < 4.78 is 39.2. The molecule has 3 saturated heterocycles. The number of nitrogens with one attached hydrogen (secondary N) is 3. The Balaban J connectivity index is 0.791. The van der Waals surface area contributed by atoms with Gasteiger partial charge in [0.2, 0.25) is 23.5 Å². The Labute approximate surface area is 361 Å². The number of aryl methyl sites for hydroxylation is 2. The maximum absolute atomic E-state index is 15.2. The molecule has 15 nitrogen and oxygen atoms in total. The van der Waals surface area contributed by atoms with Crippen molar-refractivity contribution in [3.8, 4) is 5.75 Å². The third kappa shape index (κ3) is 7.35. The zero-order valence-corrected chi connectivity index (χ0v) is 35.7. The molecule has 5 aliphatic rings. The third-order valence-corrected chi connectivity index (χ3v) is 13.8. The first-order valence-corrected chi connectivity index (χ1v) is 22.0. The van der Waals surface area contributed by atoms with Crippen molar-refractivity contribution >= 4 is 74.0 Å². The molecule has 0 radical (unpaired) electrons. The van der Waals surface area contributed by atoms with Crippen molar-refractivity contribution < 1.29 is 23.1 Å². The first kappa shape index (κ1) is 40.5. The average Bonchev–Trinajstić information content (AvgIpc) is 4.06. The summed E-state index contributed by atoms with van der Waals surface area (Å²) in [5, 5.41) is 15.5. The average molecular weight is 870 g/mol. The van der Waals surface area contributed by atoms with Crippen molar-refractivity contribution in [2.75, 3.05) is 66.3 Å². The zero-order chi connectivity index (χ0) is 43.0. The number of ether oxygens (including phenoxy) is 1. The normalized spacial score (nSPS) is 23.5. The predicted molar refractivity (Wildman–Crippen MR) is 234 cm³/mol. The molecular weight excluding hydrogens is 820 g/mol. The highest BCUT2D eigenvalue weighted by molar-refractivity contribution is 6.33. The number of hydrogen-bond acceptors (Lipinski definition) is 12. The first-order chi connectivity index (χ1) is 29.8. The highest BCUT2D eigenvalue weighted by Gasteiger charge is 2.51. The molecule has 3 atom stereocenters. The first-order valence-electron chi connectivity index (χ1n) is 21.6. The van der Waals surface area contributed by atoms with Gasteiger partial charge in [-0.15, -0.1) is 0 Å². The Kier molecular flexibility index (Phi) is 10.2. The monoisotopic (exact) mass is 869 g/mol. The van der Waals surface area contributed by atoms with Gasteiger partial charge < -0.3 is 29.7 Å². The maximum atomic E-state index is 15.2. The number of fused-ring (bicyclic) bond motifs is 4. The van der Waals surface area contributed by atoms with Crippen LogP contribution < -0.4 is 36.0 Å². The van der Waals surface area contributed by atoms with Gasteiger partial charge in [-0.3, -0.25) is 29.3 Å². The van der Waals surface area contributed by atoms with Gasteiger partial charge in [-0.1, -0.05) is 23.7 Å². The smallest absolute Gasteiger partial charge is 0.301 e. The molecule has 326 valence electrons. The van der Waals surface area contributed by atoms with Crippen LogP contribution in [0, 0.1) is 11.8 Å². The van der Waals surface area contributed by atoms with Crippen LogP contribution in [0.1, 0.15) is 57.1 Å². The van der Waals surface area contributed by atoms with E-state index >= 15 is 8.78 Å². The lowest BCUT2D eigenvalue weighted by Gasteiger charge is -2.43. The van der Waals surface area contributed by atoms with Gasteiger partial charge in [-0.25, -0.2) is 13.8 Å². The number of alkyl halides is 2. The molecule has 10 rings (SSSR count). The van der Waals surface area contributed by atoms with Gasteiger partial charge in [-0.05, 0) is 75.1 Å². The summed E-state index contributed by atoms with van der Waals surface area (Å²) in [7, 11) is 3.53.